The Morgan fingerprint density at radius 3 is 2.53 bits per heavy atom. The van der Waals surface area contributed by atoms with E-state index in [-0.39, 0.29) is 11.8 Å². The monoisotopic (exact) mass is 432 g/mol. The molecule has 0 spiro atoms. The van der Waals surface area contributed by atoms with Crippen LogP contribution in [0.15, 0.2) is 48.8 Å². The quantitative estimate of drug-likeness (QED) is 0.635. The van der Waals surface area contributed by atoms with E-state index in [4.69, 9.17) is 0 Å². The van der Waals surface area contributed by atoms with Crippen LogP contribution in [0.2, 0.25) is 0 Å². The number of anilines is 2. The fraction of sp³-hybridized carbons (Fsp3) is 0.400. The lowest BCUT2D eigenvalue weighted by Crippen LogP contribution is -2.46. The molecule has 4 rings (SSSR count). The molecule has 1 amide bonds. The van der Waals surface area contributed by atoms with Gasteiger partial charge in [-0.3, -0.25) is 4.79 Å². The van der Waals surface area contributed by atoms with Crippen LogP contribution < -0.4 is 10.2 Å². The Bertz CT molecular complexity index is 1070. The number of likely N-dealkylation sites (N-methyl/N-ethyl adjacent to an activating group) is 1. The van der Waals surface area contributed by atoms with Gasteiger partial charge in [-0.1, -0.05) is 26.8 Å². The number of carbonyl (C=O) groups is 1. The van der Waals surface area contributed by atoms with Crippen LogP contribution in [0.3, 0.4) is 0 Å². The summed E-state index contributed by atoms with van der Waals surface area (Å²) in [4.78, 5) is 22.4. The average molecular weight is 433 g/mol. The summed E-state index contributed by atoms with van der Waals surface area (Å²) in [6, 6.07) is 11.8. The van der Waals surface area contributed by atoms with Crippen molar-refractivity contribution in [2.45, 2.75) is 33.6 Å². The first-order chi connectivity index (χ1) is 15.5. The van der Waals surface area contributed by atoms with Crippen molar-refractivity contribution in [3.63, 3.8) is 0 Å². The van der Waals surface area contributed by atoms with Crippen molar-refractivity contribution in [1.29, 1.82) is 0 Å². The molecule has 1 fully saturated rings. The maximum Gasteiger partial charge on any atom is 0.259 e. The van der Waals surface area contributed by atoms with Gasteiger partial charge in [-0.15, -0.1) is 0 Å². The summed E-state index contributed by atoms with van der Waals surface area (Å²) >= 11 is 0. The van der Waals surface area contributed by atoms with E-state index in [1.807, 2.05) is 24.3 Å². The van der Waals surface area contributed by atoms with Gasteiger partial charge in [-0.2, -0.15) is 5.10 Å². The number of piperazine rings is 1. The standard InChI is InChI=1S/C25H32N6O/c1-5-29-12-14-30(15-13-29)22-10-9-20(16-19(22)4)28-25(32)21-17-27-31(24(21)18(2)3)23-8-6-7-11-26-23/h6-11,16-18H,5,12-15H2,1-4H3,(H,28,32). The summed E-state index contributed by atoms with van der Waals surface area (Å²) in [5.74, 6) is 0.671. The average Bonchev–Trinajstić information content (AvgIpc) is 3.26. The van der Waals surface area contributed by atoms with Crippen LogP contribution in [-0.2, 0) is 0 Å². The molecule has 1 aromatic carbocycles. The van der Waals surface area contributed by atoms with Crippen LogP contribution in [0.4, 0.5) is 11.4 Å². The lowest BCUT2D eigenvalue weighted by molar-refractivity contribution is 0.102. The third kappa shape index (κ3) is 4.53. The minimum absolute atomic E-state index is 0.117. The molecule has 1 N–H and O–H groups in total. The predicted molar refractivity (Wildman–Crippen MR) is 129 cm³/mol. The van der Waals surface area contributed by atoms with E-state index in [2.05, 4.69) is 65.0 Å². The summed E-state index contributed by atoms with van der Waals surface area (Å²) in [7, 11) is 0. The van der Waals surface area contributed by atoms with Crippen LogP contribution in [0, 0.1) is 6.92 Å². The van der Waals surface area contributed by atoms with Crippen molar-refractivity contribution in [2.24, 2.45) is 0 Å². The Morgan fingerprint density at radius 1 is 1.12 bits per heavy atom. The predicted octanol–water partition coefficient (Wildman–Crippen LogP) is 4.09. The highest BCUT2D eigenvalue weighted by atomic mass is 16.1. The molecule has 168 valence electrons. The zero-order chi connectivity index (χ0) is 22.7. The molecule has 3 aromatic rings. The lowest BCUT2D eigenvalue weighted by Gasteiger charge is -2.36. The summed E-state index contributed by atoms with van der Waals surface area (Å²) in [5, 5.41) is 7.53. The highest BCUT2D eigenvalue weighted by Crippen LogP contribution is 2.27. The number of nitrogens with one attached hydrogen (secondary N) is 1. The van der Waals surface area contributed by atoms with Gasteiger partial charge >= 0.3 is 0 Å². The number of nitrogens with zero attached hydrogens (tertiary/aromatic N) is 5. The first kappa shape index (κ1) is 22.0. The minimum Gasteiger partial charge on any atom is -0.369 e. The van der Waals surface area contributed by atoms with Gasteiger partial charge in [-0.05, 0) is 55.3 Å². The highest BCUT2D eigenvalue weighted by Gasteiger charge is 2.22. The number of amides is 1. The second-order valence-corrected chi connectivity index (χ2v) is 8.57. The van der Waals surface area contributed by atoms with Gasteiger partial charge in [0.2, 0.25) is 0 Å². The molecule has 7 heteroatoms. The Labute approximate surface area is 190 Å². The number of aromatic nitrogens is 3. The topological polar surface area (TPSA) is 66.3 Å². The summed E-state index contributed by atoms with van der Waals surface area (Å²) in [5.41, 5.74) is 4.63. The van der Waals surface area contributed by atoms with E-state index in [0.29, 0.717) is 11.4 Å². The minimum atomic E-state index is -0.153. The number of carbonyl (C=O) groups excluding carboxylic acids is 1. The van der Waals surface area contributed by atoms with Gasteiger partial charge in [0.25, 0.3) is 5.91 Å². The number of pyridine rings is 1. The maximum atomic E-state index is 13.2. The maximum absolute atomic E-state index is 13.2. The highest BCUT2D eigenvalue weighted by molar-refractivity contribution is 6.05. The van der Waals surface area contributed by atoms with Gasteiger partial charge in [0, 0.05) is 43.8 Å². The number of rotatable bonds is 6. The first-order valence-electron chi connectivity index (χ1n) is 11.4. The van der Waals surface area contributed by atoms with Crippen LogP contribution >= 0.6 is 0 Å². The Morgan fingerprint density at radius 2 is 1.91 bits per heavy atom. The summed E-state index contributed by atoms with van der Waals surface area (Å²) in [6.45, 7) is 13.8. The van der Waals surface area contributed by atoms with Crippen LogP contribution in [0.25, 0.3) is 5.82 Å². The molecule has 0 radical (unpaired) electrons. The molecule has 3 heterocycles. The molecule has 2 aromatic heterocycles. The van der Waals surface area contributed by atoms with Crippen LogP contribution in [0.5, 0.6) is 0 Å². The third-order valence-electron chi connectivity index (χ3n) is 6.08. The van der Waals surface area contributed by atoms with Gasteiger partial charge in [0.05, 0.1) is 17.5 Å². The van der Waals surface area contributed by atoms with Gasteiger partial charge in [0.1, 0.15) is 0 Å². The summed E-state index contributed by atoms with van der Waals surface area (Å²) < 4.78 is 1.75. The second kappa shape index (κ2) is 9.53. The SMILES string of the molecule is CCN1CCN(c2ccc(NC(=O)c3cnn(-c4ccccn4)c3C(C)C)cc2C)CC1. The van der Waals surface area contributed by atoms with E-state index in [1.54, 1.807) is 17.1 Å². The van der Waals surface area contributed by atoms with Crippen molar-refractivity contribution in [3.05, 3.63) is 65.6 Å². The van der Waals surface area contributed by atoms with E-state index in [9.17, 15) is 4.79 Å². The molecule has 1 aliphatic heterocycles. The lowest BCUT2D eigenvalue weighted by atomic mass is 10.0. The van der Waals surface area contributed by atoms with Gasteiger partial charge in [0.15, 0.2) is 5.82 Å². The van der Waals surface area contributed by atoms with Crippen LogP contribution in [0.1, 0.15) is 48.3 Å². The Kier molecular flexibility index (Phi) is 6.55. The fourth-order valence-electron chi connectivity index (χ4n) is 4.34. The Balaban J connectivity index is 1.52. The summed E-state index contributed by atoms with van der Waals surface area (Å²) in [6.07, 6.45) is 3.36. The molecule has 1 aliphatic rings. The van der Waals surface area contributed by atoms with Crippen molar-refractivity contribution >= 4 is 17.3 Å². The Hall–Kier alpha value is -3.19. The van der Waals surface area contributed by atoms with E-state index >= 15 is 0 Å². The van der Waals surface area contributed by atoms with Crippen molar-refractivity contribution in [1.82, 2.24) is 19.7 Å². The molecule has 7 nitrogen and oxygen atoms in total. The molecule has 0 unspecified atom stereocenters. The normalized spacial score (nSPS) is 14.7. The number of benzene rings is 1. The number of aryl methyl sites for hydroxylation is 1. The zero-order valence-electron chi connectivity index (χ0n) is 19.4. The van der Waals surface area contributed by atoms with Crippen molar-refractivity contribution in [3.8, 4) is 5.82 Å². The molecule has 0 aliphatic carbocycles. The van der Waals surface area contributed by atoms with E-state index in [0.717, 1.165) is 44.1 Å². The van der Waals surface area contributed by atoms with E-state index < -0.39 is 0 Å². The molecule has 32 heavy (non-hydrogen) atoms. The fourth-order valence-corrected chi connectivity index (χ4v) is 4.34. The van der Waals surface area contributed by atoms with Crippen molar-refractivity contribution < 1.29 is 4.79 Å². The van der Waals surface area contributed by atoms with Gasteiger partial charge < -0.3 is 15.1 Å². The smallest absolute Gasteiger partial charge is 0.259 e. The van der Waals surface area contributed by atoms with Crippen molar-refractivity contribution in [2.75, 3.05) is 42.9 Å². The molecule has 0 bridgehead atoms. The molecule has 0 saturated carbocycles. The number of hydrogen-bond donors (Lipinski definition) is 1. The second-order valence-electron chi connectivity index (χ2n) is 8.57. The zero-order valence-corrected chi connectivity index (χ0v) is 19.4. The van der Waals surface area contributed by atoms with E-state index in [1.165, 1.54) is 11.3 Å². The molecule has 1 saturated heterocycles. The third-order valence-corrected chi connectivity index (χ3v) is 6.08. The number of hydrogen-bond acceptors (Lipinski definition) is 5. The van der Waals surface area contributed by atoms with Crippen LogP contribution in [-0.4, -0.2) is 58.3 Å². The van der Waals surface area contributed by atoms with Gasteiger partial charge in [-0.25, -0.2) is 9.67 Å². The largest absolute Gasteiger partial charge is 0.369 e. The first-order valence-corrected chi connectivity index (χ1v) is 11.4. The molecule has 0 atom stereocenters. The molecular weight excluding hydrogens is 400 g/mol. The molecular formula is C25H32N6O.